The van der Waals surface area contributed by atoms with Crippen LogP contribution in [0.1, 0.15) is 15.9 Å². The van der Waals surface area contributed by atoms with Gasteiger partial charge in [-0.25, -0.2) is 0 Å². The van der Waals surface area contributed by atoms with Crippen LogP contribution in [0.2, 0.25) is 0 Å². The van der Waals surface area contributed by atoms with E-state index in [4.69, 9.17) is 0 Å². The maximum absolute atomic E-state index is 10.8. The lowest BCUT2D eigenvalue weighted by Gasteiger charge is -2.09. The Labute approximate surface area is 81.3 Å². The normalized spacial score (nSPS) is 14.7. The molecule has 1 aromatic carbocycles. The van der Waals surface area contributed by atoms with Gasteiger partial charge in [0.25, 0.3) is 0 Å². The third-order valence-electron chi connectivity index (χ3n) is 2.08. The molecule has 0 spiro atoms. The highest BCUT2D eigenvalue weighted by molar-refractivity contribution is 6.07. The number of hydrogen-bond donors (Lipinski definition) is 1. The smallest absolute Gasteiger partial charge is 0.129 e. The van der Waals surface area contributed by atoms with Gasteiger partial charge in [-0.15, -0.1) is 0 Å². The Morgan fingerprint density at radius 3 is 2.86 bits per heavy atom. The van der Waals surface area contributed by atoms with Crippen LogP contribution in [-0.2, 0) is 0 Å². The number of amidine groups is 1. The van der Waals surface area contributed by atoms with Crippen LogP contribution in [-0.4, -0.2) is 24.9 Å². The van der Waals surface area contributed by atoms with Gasteiger partial charge in [-0.3, -0.25) is 4.99 Å². The molecule has 1 N–H and O–H groups in total. The molecule has 0 aromatic heterocycles. The van der Waals surface area contributed by atoms with E-state index in [-0.39, 0.29) is 5.56 Å². The molecule has 0 saturated heterocycles. The van der Waals surface area contributed by atoms with Crippen LogP contribution in [0.15, 0.2) is 29.3 Å². The molecule has 4 nitrogen and oxygen atoms in total. The van der Waals surface area contributed by atoms with Crippen LogP contribution in [0.4, 0.5) is 0 Å². The molecule has 1 aliphatic rings. The largest absolute Gasteiger partial charge is 0.545 e. The molecule has 0 aliphatic carbocycles. The third-order valence-corrected chi connectivity index (χ3v) is 2.08. The molecule has 4 heteroatoms. The topological polar surface area (TPSA) is 64.5 Å². The van der Waals surface area contributed by atoms with Crippen molar-refractivity contribution in [2.45, 2.75) is 0 Å². The van der Waals surface area contributed by atoms with E-state index in [1.807, 2.05) is 0 Å². The fourth-order valence-electron chi connectivity index (χ4n) is 1.45. The summed E-state index contributed by atoms with van der Waals surface area (Å²) in [7, 11) is 0. The van der Waals surface area contributed by atoms with Crippen molar-refractivity contribution >= 4 is 11.8 Å². The number of carboxylic acid groups (broad SMARTS) is 1. The predicted octanol–water partition coefficient (Wildman–Crippen LogP) is -0.600. The lowest BCUT2D eigenvalue weighted by atomic mass is 10.1. The van der Waals surface area contributed by atoms with Gasteiger partial charge in [0, 0.05) is 17.7 Å². The standard InChI is InChI=1S/C10H10N2O2/c13-10(14)8-4-2-1-3-7(8)9-11-5-6-12-9/h1-4H,5-6H2,(H,11,12)(H,13,14)/p-1. The quantitative estimate of drug-likeness (QED) is 0.675. The van der Waals surface area contributed by atoms with Crippen LogP contribution < -0.4 is 10.4 Å². The Morgan fingerprint density at radius 1 is 1.43 bits per heavy atom. The zero-order valence-electron chi connectivity index (χ0n) is 7.49. The van der Waals surface area contributed by atoms with E-state index in [1.165, 1.54) is 6.07 Å². The Bertz CT molecular complexity index is 399. The van der Waals surface area contributed by atoms with Gasteiger partial charge in [-0.2, -0.15) is 0 Å². The summed E-state index contributed by atoms with van der Waals surface area (Å²) in [4.78, 5) is 14.9. The lowest BCUT2D eigenvalue weighted by Crippen LogP contribution is -2.28. The average molecular weight is 189 g/mol. The summed E-state index contributed by atoms with van der Waals surface area (Å²) >= 11 is 0. The highest BCUT2D eigenvalue weighted by atomic mass is 16.4. The van der Waals surface area contributed by atoms with Crippen LogP contribution in [0.3, 0.4) is 0 Å². The van der Waals surface area contributed by atoms with Crippen LogP contribution in [0.25, 0.3) is 0 Å². The monoisotopic (exact) mass is 189 g/mol. The van der Waals surface area contributed by atoms with Crippen molar-refractivity contribution in [3.8, 4) is 0 Å². The minimum atomic E-state index is -1.17. The molecule has 1 heterocycles. The van der Waals surface area contributed by atoms with Crippen molar-refractivity contribution in [3.63, 3.8) is 0 Å². The second-order valence-electron chi connectivity index (χ2n) is 2.99. The molecule has 0 unspecified atom stereocenters. The van der Waals surface area contributed by atoms with E-state index in [0.717, 1.165) is 6.54 Å². The average Bonchev–Trinajstić information content (AvgIpc) is 2.70. The summed E-state index contributed by atoms with van der Waals surface area (Å²) in [5.41, 5.74) is 0.783. The van der Waals surface area contributed by atoms with E-state index in [1.54, 1.807) is 18.2 Å². The van der Waals surface area contributed by atoms with Gasteiger partial charge in [-0.1, -0.05) is 24.3 Å². The van der Waals surface area contributed by atoms with Crippen LogP contribution >= 0.6 is 0 Å². The second kappa shape index (κ2) is 3.49. The summed E-state index contributed by atoms with van der Waals surface area (Å²) in [6.45, 7) is 1.45. The number of hydrogen-bond acceptors (Lipinski definition) is 4. The van der Waals surface area contributed by atoms with Crippen molar-refractivity contribution in [3.05, 3.63) is 35.4 Å². The van der Waals surface area contributed by atoms with Crippen molar-refractivity contribution < 1.29 is 9.90 Å². The Morgan fingerprint density at radius 2 is 2.21 bits per heavy atom. The molecule has 72 valence electrons. The molecule has 0 fully saturated rings. The van der Waals surface area contributed by atoms with Crippen molar-refractivity contribution in [1.29, 1.82) is 0 Å². The number of nitrogens with zero attached hydrogens (tertiary/aromatic N) is 1. The molecular formula is C10H9N2O2-. The number of rotatable bonds is 2. The molecule has 2 rings (SSSR count). The highest BCUT2D eigenvalue weighted by Gasteiger charge is 2.11. The second-order valence-corrected chi connectivity index (χ2v) is 2.99. The number of carbonyl (C=O) groups excluding carboxylic acids is 1. The number of aromatic carboxylic acids is 1. The van der Waals surface area contributed by atoms with Crippen molar-refractivity contribution in [1.82, 2.24) is 5.32 Å². The molecule has 0 atom stereocenters. The van der Waals surface area contributed by atoms with E-state index in [9.17, 15) is 9.90 Å². The van der Waals surface area contributed by atoms with Crippen LogP contribution in [0, 0.1) is 0 Å². The summed E-state index contributed by atoms with van der Waals surface area (Å²) in [5, 5.41) is 13.8. The summed E-state index contributed by atoms with van der Waals surface area (Å²) in [5.74, 6) is -0.526. The first kappa shape index (κ1) is 8.74. The molecule has 0 bridgehead atoms. The zero-order valence-corrected chi connectivity index (χ0v) is 7.49. The van der Waals surface area contributed by atoms with E-state index >= 15 is 0 Å². The van der Waals surface area contributed by atoms with Gasteiger partial charge in [-0.05, 0) is 0 Å². The van der Waals surface area contributed by atoms with Crippen LogP contribution in [0.5, 0.6) is 0 Å². The minimum Gasteiger partial charge on any atom is -0.545 e. The van der Waals surface area contributed by atoms with Gasteiger partial charge in [0.15, 0.2) is 0 Å². The summed E-state index contributed by atoms with van der Waals surface area (Å²) in [6.07, 6.45) is 0. The van der Waals surface area contributed by atoms with Gasteiger partial charge >= 0.3 is 0 Å². The first-order chi connectivity index (χ1) is 6.79. The first-order valence-electron chi connectivity index (χ1n) is 4.38. The van der Waals surface area contributed by atoms with Gasteiger partial charge in [0.05, 0.1) is 12.5 Å². The lowest BCUT2D eigenvalue weighted by molar-refractivity contribution is -0.255. The van der Waals surface area contributed by atoms with E-state index < -0.39 is 5.97 Å². The molecule has 14 heavy (non-hydrogen) atoms. The summed E-state index contributed by atoms with van der Waals surface area (Å²) < 4.78 is 0. The molecule has 0 radical (unpaired) electrons. The number of carboxylic acids is 1. The number of carbonyl (C=O) groups is 1. The Hall–Kier alpha value is -1.84. The van der Waals surface area contributed by atoms with Gasteiger partial charge < -0.3 is 15.2 Å². The molecule has 0 saturated carbocycles. The first-order valence-corrected chi connectivity index (χ1v) is 4.38. The fraction of sp³-hybridized carbons (Fsp3) is 0.200. The molecule has 1 aliphatic heterocycles. The number of benzene rings is 1. The highest BCUT2D eigenvalue weighted by Crippen LogP contribution is 2.09. The third kappa shape index (κ3) is 1.46. The van der Waals surface area contributed by atoms with E-state index in [0.29, 0.717) is 17.9 Å². The summed E-state index contributed by atoms with van der Waals surface area (Å²) in [6, 6.07) is 6.70. The number of aliphatic imine (C=N–C) groups is 1. The van der Waals surface area contributed by atoms with Gasteiger partial charge in [0.2, 0.25) is 0 Å². The SMILES string of the molecule is O=C([O-])c1ccccc1C1=NCCN1. The van der Waals surface area contributed by atoms with Gasteiger partial charge in [0.1, 0.15) is 5.84 Å². The molecule has 0 amide bonds. The maximum Gasteiger partial charge on any atom is 0.129 e. The fourth-order valence-corrected chi connectivity index (χ4v) is 1.45. The predicted molar refractivity (Wildman–Crippen MR) is 50.2 cm³/mol. The minimum absolute atomic E-state index is 0.181. The number of nitrogens with one attached hydrogen (secondary N) is 1. The molecular weight excluding hydrogens is 180 g/mol. The Balaban J connectivity index is 2.46. The zero-order chi connectivity index (χ0) is 9.97. The Kier molecular flexibility index (Phi) is 2.18. The molecule has 1 aromatic rings. The van der Waals surface area contributed by atoms with Crippen molar-refractivity contribution in [2.24, 2.45) is 4.99 Å². The van der Waals surface area contributed by atoms with E-state index in [2.05, 4.69) is 10.3 Å². The maximum atomic E-state index is 10.8. The van der Waals surface area contributed by atoms with Crippen molar-refractivity contribution in [2.75, 3.05) is 13.1 Å².